The van der Waals surface area contributed by atoms with Crippen molar-refractivity contribution in [2.45, 2.75) is 43.9 Å². The molecule has 4 aliphatic carbocycles. The smallest absolute Gasteiger partial charge is 0.0447 e. The van der Waals surface area contributed by atoms with Crippen molar-refractivity contribution < 1.29 is 0 Å². The molecule has 0 nitrogen and oxygen atoms in total. The lowest BCUT2D eigenvalue weighted by atomic mass is 9.63. The van der Waals surface area contributed by atoms with Crippen LogP contribution in [0.3, 0.4) is 0 Å². The Balaban J connectivity index is 1.74. The van der Waals surface area contributed by atoms with Gasteiger partial charge in [0.25, 0.3) is 0 Å². The van der Waals surface area contributed by atoms with E-state index in [2.05, 4.69) is 54.6 Å². The standard InChI is InChI=1S/C25H23Cl/c26-23-7-3-6-21-22-9-8-17-4-1-2-5-20(17)24(22)18-11-15-10-16(12-18)14-19(13-15)25(21)23/h1-9,15-16,18-19H,10-14H2. The highest BCUT2D eigenvalue weighted by Crippen LogP contribution is 2.57. The zero-order valence-electron chi connectivity index (χ0n) is 14.9. The molecule has 0 radical (unpaired) electrons. The summed E-state index contributed by atoms with van der Waals surface area (Å²) in [7, 11) is 0. The van der Waals surface area contributed by atoms with E-state index in [0.717, 1.165) is 16.9 Å². The third-order valence-electron chi connectivity index (χ3n) is 7.27. The summed E-state index contributed by atoms with van der Waals surface area (Å²) >= 11 is 6.81. The minimum atomic E-state index is 0.640. The van der Waals surface area contributed by atoms with Crippen LogP contribution in [-0.4, -0.2) is 0 Å². The fraction of sp³-hybridized carbons (Fsp3) is 0.360. The first-order valence-corrected chi connectivity index (χ1v) is 10.5. The minimum absolute atomic E-state index is 0.640. The Morgan fingerprint density at radius 3 is 2.12 bits per heavy atom. The number of halogens is 1. The van der Waals surface area contributed by atoms with Gasteiger partial charge >= 0.3 is 0 Å². The fourth-order valence-electron chi connectivity index (χ4n) is 6.48. The van der Waals surface area contributed by atoms with Gasteiger partial charge in [0.05, 0.1) is 0 Å². The van der Waals surface area contributed by atoms with Crippen molar-refractivity contribution in [3.8, 4) is 11.1 Å². The van der Waals surface area contributed by atoms with Crippen LogP contribution in [0.5, 0.6) is 0 Å². The van der Waals surface area contributed by atoms with Crippen LogP contribution in [-0.2, 0) is 0 Å². The van der Waals surface area contributed by atoms with Gasteiger partial charge in [0.15, 0.2) is 0 Å². The molecule has 0 saturated heterocycles. The summed E-state index contributed by atoms with van der Waals surface area (Å²) in [5, 5.41) is 3.82. The average Bonchev–Trinajstić information content (AvgIpc) is 2.71. The maximum Gasteiger partial charge on any atom is 0.0447 e. The molecule has 0 N–H and O–H groups in total. The Morgan fingerprint density at radius 1 is 0.615 bits per heavy atom. The van der Waals surface area contributed by atoms with E-state index in [-0.39, 0.29) is 0 Å². The highest BCUT2D eigenvalue weighted by atomic mass is 35.5. The summed E-state index contributed by atoms with van der Waals surface area (Å²) in [5.74, 6) is 3.07. The van der Waals surface area contributed by atoms with Gasteiger partial charge in [-0.3, -0.25) is 0 Å². The summed E-state index contributed by atoms with van der Waals surface area (Å²) in [4.78, 5) is 0. The Morgan fingerprint density at radius 2 is 1.31 bits per heavy atom. The second-order valence-electron chi connectivity index (χ2n) is 8.75. The molecule has 7 rings (SSSR count). The third-order valence-corrected chi connectivity index (χ3v) is 7.60. The zero-order chi connectivity index (χ0) is 17.3. The molecule has 2 unspecified atom stereocenters. The van der Waals surface area contributed by atoms with Crippen molar-refractivity contribution in [3.63, 3.8) is 0 Å². The van der Waals surface area contributed by atoms with Gasteiger partial charge in [-0.05, 0) is 94.9 Å². The van der Waals surface area contributed by atoms with Crippen LogP contribution >= 0.6 is 11.6 Å². The first kappa shape index (κ1) is 15.3. The van der Waals surface area contributed by atoms with E-state index in [1.54, 1.807) is 5.56 Å². The Bertz CT molecular complexity index is 1000. The molecule has 0 amide bonds. The topological polar surface area (TPSA) is 0 Å². The first-order valence-electron chi connectivity index (χ1n) is 10.1. The highest BCUT2D eigenvalue weighted by molar-refractivity contribution is 6.32. The summed E-state index contributed by atoms with van der Waals surface area (Å²) < 4.78 is 0. The molecular formula is C25H23Cl. The van der Waals surface area contributed by atoms with Crippen molar-refractivity contribution in [2.75, 3.05) is 0 Å². The second kappa shape index (κ2) is 5.60. The Hall–Kier alpha value is -1.79. The van der Waals surface area contributed by atoms with E-state index in [0.29, 0.717) is 11.8 Å². The minimum Gasteiger partial charge on any atom is -0.0840 e. The van der Waals surface area contributed by atoms with Crippen LogP contribution < -0.4 is 0 Å². The molecule has 130 valence electrons. The Labute approximate surface area is 160 Å². The predicted molar refractivity (Wildman–Crippen MR) is 110 cm³/mol. The van der Waals surface area contributed by atoms with Gasteiger partial charge in [0.2, 0.25) is 0 Å². The van der Waals surface area contributed by atoms with Crippen molar-refractivity contribution in [1.82, 2.24) is 0 Å². The number of hydrogen-bond donors (Lipinski definition) is 0. The SMILES string of the molecule is Clc1cccc2c1C1CC3CC(C1)CC(C3)c1c-2ccc2ccccc12. The summed E-state index contributed by atoms with van der Waals surface area (Å²) in [6, 6.07) is 20.2. The molecule has 26 heavy (non-hydrogen) atoms. The molecule has 0 spiro atoms. The van der Waals surface area contributed by atoms with E-state index in [1.165, 1.54) is 59.6 Å². The molecule has 4 bridgehead atoms. The van der Waals surface area contributed by atoms with E-state index >= 15 is 0 Å². The van der Waals surface area contributed by atoms with Crippen LogP contribution in [0.1, 0.15) is 55.1 Å². The van der Waals surface area contributed by atoms with Gasteiger partial charge in [0.1, 0.15) is 0 Å². The summed E-state index contributed by atoms with van der Waals surface area (Å²) in [5.41, 5.74) is 5.88. The molecule has 2 fully saturated rings. The van der Waals surface area contributed by atoms with Crippen LogP contribution in [0.25, 0.3) is 21.9 Å². The van der Waals surface area contributed by atoms with E-state index < -0.39 is 0 Å². The summed E-state index contributed by atoms with van der Waals surface area (Å²) in [6.07, 6.45) is 6.82. The predicted octanol–water partition coefficient (Wildman–Crippen LogP) is 7.55. The summed E-state index contributed by atoms with van der Waals surface area (Å²) in [6.45, 7) is 0. The van der Waals surface area contributed by atoms with Gasteiger partial charge < -0.3 is 0 Å². The van der Waals surface area contributed by atoms with E-state index in [1.807, 2.05) is 0 Å². The fourth-order valence-corrected chi connectivity index (χ4v) is 6.81. The molecule has 2 atom stereocenters. The number of rotatable bonds is 0. The molecule has 2 saturated carbocycles. The highest BCUT2D eigenvalue weighted by Gasteiger charge is 2.41. The van der Waals surface area contributed by atoms with Crippen molar-refractivity contribution >= 4 is 22.4 Å². The van der Waals surface area contributed by atoms with Crippen LogP contribution in [0.15, 0.2) is 54.6 Å². The molecule has 1 heteroatoms. The number of fused-ring (bicyclic) bond motifs is 1. The molecule has 0 aromatic heterocycles. The number of hydrogen-bond acceptors (Lipinski definition) is 0. The lowest BCUT2D eigenvalue weighted by Crippen LogP contribution is -2.29. The monoisotopic (exact) mass is 358 g/mol. The maximum absolute atomic E-state index is 6.81. The van der Waals surface area contributed by atoms with Gasteiger partial charge in [-0.2, -0.15) is 0 Å². The third kappa shape index (κ3) is 2.15. The normalized spacial score (nSPS) is 29.0. The van der Waals surface area contributed by atoms with Crippen LogP contribution in [0.2, 0.25) is 5.02 Å². The first-order chi connectivity index (χ1) is 12.8. The lowest BCUT2D eigenvalue weighted by molar-refractivity contribution is 0.153. The Kier molecular flexibility index (Phi) is 3.29. The van der Waals surface area contributed by atoms with Crippen LogP contribution in [0.4, 0.5) is 0 Å². The molecule has 3 aromatic rings. The largest absolute Gasteiger partial charge is 0.0840 e. The van der Waals surface area contributed by atoms with Gasteiger partial charge in [-0.25, -0.2) is 0 Å². The van der Waals surface area contributed by atoms with Crippen molar-refractivity contribution in [3.05, 3.63) is 70.7 Å². The molecule has 3 aromatic carbocycles. The van der Waals surface area contributed by atoms with Crippen molar-refractivity contribution in [1.29, 1.82) is 0 Å². The van der Waals surface area contributed by atoms with Gasteiger partial charge in [0, 0.05) is 5.02 Å². The van der Waals surface area contributed by atoms with E-state index in [9.17, 15) is 0 Å². The second-order valence-corrected chi connectivity index (χ2v) is 9.16. The maximum atomic E-state index is 6.81. The molecule has 0 heterocycles. The van der Waals surface area contributed by atoms with Crippen LogP contribution in [0, 0.1) is 11.8 Å². The van der Waals surface area contributed by atoms with Gasteiger partial charge in [-0.15, -0.1) is 0 Å². The molecule has 4 aliphatic rings. The number of benzene rings is 3. The lowest BCUT2D eigenvalue weighted by Gasteiger charge is -2.42. The zero-order valence-corrected chi connectivity index (χ0v) is 15.7. The molecular weight excluding hydrogens is 336 g/mol. The van der Waals surface area contributed by atoms with Gasteiger partial charge in [-0.1, -0.05) is 60.1 Å². The van der Waals surface area contributed by atoms with E-state index in [4.69, 9.17) is 11.6 Å². The molecule has 0 aliphatic heterocycles. The quantitative estimate of drug-likeness (QED) is 0.389. The average molecular weight is 359 g/mol. The van der Waals surface area contributed by atoms with Crippen molar-refractivity contribution in [2.24, 2.45) is 11.8 Å².